The van der Waals surface area contributed by atoms with E-state index in [0.29, 0.717) is 11.1 Å². The lowest BCUT2D eigenvalue weighted by Gasteiger charge is -2.50. The van der Waals surface area contributed by atoms with Crippen molar-refractivity contribution >= 4 is 46.3 Å². The molecule has 18 N–H and O–H groups in total. The number of fused-ring (bicyclic) bond motifs is 1. The van der Waals surface area contributed by atoms with E-state index in [4.69, 9.17) is 35.6 Å². The Hall–Kier alpha value is -0.880. The molecule has 0 saturated heterocycles. The third-order valence-electron chi connectivity index (χ3n) is 4.06. The van der Waals surface area contributed by atoms with Gasteiger partial charge in [0.1, 0.15) is 24.1 Å². The van der Waals surface area contributed by atoms with E-state index in [1.54, 1.807) is 12.1 Å². The van der Waals surface area contributed by atoms with Crippen LogP contribution in [0, 0.1) is 0 Å². The number of H-pyrrole nitrogens is 1. The summed E-state index contributed by atoms with van der Waals surface area (Å²) in [5.41, 5.74) is 0.769. The lowest BCUT2D eigenvalue weighted by Crippen LogP contribution is -2.74. The highest BCUT2D eigenvalue weighted by Crippen LogP contribution is 2.46. The van der Waals surface area contributed by atoms with Crippen molar-refractivity contribution in [3.63, 3.8) is 0 Å². The molecule has 0 amide bonds. The summed E-state index contributed by atoms with van der Waals surface area (Å²) in [6, 6.07) is 7.17. The van der Waals surface area contributed by atoms with E-state index in [1.165, 1.54) is 6.20 Å². The molecular formula is C14H27BrClN4O10P. The second-order valence-electron chi connectivity index (χ2n) is 6.02. The van der Waals surface area contributed by atoms with Crippen molar-refractivity contribution in [1.82, 2.24) is 23.4 Å². The van der Waals surface area contributed by atoms with Crippen LogP contribution in [0.4, 0.5) is 0 Å². The SMILES string of the molecule is N.N.N.O=P(O)(O)O.O[C@@H]1[C@H](Oc2c[nH]c3ccccc23)[C@@H](O)[C@@](O)(Br)[C@](O)(Cl)[C@@H]1O. The van der Waals surface area contributed by atoms with Gasteiger partial charge in [0.2, 0.25) is 5.06 Å². The fraction of sp³-hybridized carbons (Fsp3) is 0.429. The molecule has 0 unspecified atom stereocenters. The van der Waals surface area contributed by atoms with Crippen LogP contribution in [-0.2, 0) is 4.57 Å². The van der Waals surface area contributed by atoms with Gasteiger partial charge < -0.3 is 68.4 Å². The van der Waals surface area contributed by atoms with Gasteiger partial charge in [-0.15, -0.1) is 0 Å². The van der Waals surface area contributed by atoms with E-state index in [-0.39, 0.29) is 18.5 Å². The number of para-hydroxylation sites is 1. The number of rotatable bonds is 2. The zero-order valence-corrected chi connectivity index (χ0v) is 19.2. The van der Waals surface area contributed by atoms with E-state index in [2.05, 4.69) is 20.9 Å². The Morgan fingerprint density at radius 3 is 2.03 bits per heavy atom. The number of benzene rings is 1. The second-order valence-corrected chi connectivity index (χ2v) is 8.83. The molecule has 6 atom stereocenters. The Kier molecular flexibility index (Phi) is 11.8. The first-order valence-electron chi connectivity index (χ1n) is 7.55. The molecule has 1 saturated carbocycles. The summed E-state index contributed by atoms with van der Waals surface area (Å²) in [6.07, 6.45) is -5.44. The number of ether oxygens (including phenoxy) is 1. The maximum Gasteiger partial charge on any atom is 0.466 e. The standard InChI is InChI=1S/C14H15BrClNO6.3H3N.H3O4P/c15-13(21)12(20)10(9(18)11(19)14(13,16)22)23-8-5-17-7-4-2-1-3-6(7)8;;;;1-5(2,3)4/h1-5,9-12,17-22H;3*1H3;(H3,1,2,3,4)/t9-,10+,11-,12-,13+,14+;;;;/m1..../s1. The van der Waals surface area contributed by atoms with Crippen molar-refractivity contribution in [2.75, 3.05) is 0 Å². The normalized spacial score (nSPS) is 32.5. The van der Waals surface area contributed by atoms with Crippen LogP contribution in [0.2, 0.25) is 0 Å². The van der Waals surface area contributed by atoms with Crippen LogP contribution in [-0.4, -0.2) is 79.2 Å². The third-order valence-corrected chi connectivity index (χ3v) is 5.87. The number of aliphatic hydroxyl groups is 5. The van der Waals surface area contributed by atoms with Crippen LogP contribution in [0.1, 0.15) is 0 Å². The van der Waals surface area contributed by atoms with Crippen LogP contribution < -0.4 is 23.2 Å². The highest BCUT2D eigenvalue weighted by atomic mass is 79.9. The quantitative estimate of drug-likeness (QED) is 0.165. The van der Waals surface area contributed by atoms with Crippen LogP contribution in [0.3, 0.4) is 0 Å². The fourth-order valence-electron chi connectivity index (χ4n) is 2.65. The summed E-state index contributed by atoms with van der Waals surface area (Å²) < 4.78 is 12.0. The molecule has 14 nitrogen and oxygen atoms in total. The molecule has 0 aliphatic heterocycles. The van der Waals surface area contributed by atoms with Crippen LogP contribution in [0.15, 0.2) is 30.5 Å². The topological polar surface area (TPSA) is 309 Å². The molecule has 17 heteroatoms. The van der Waals surface area contributed by atoms with Crippen molar-refractivity contribution in [3.05, 3.63) is 30.5 Å². The Morgan fingerprint density at radius 2 is 1.52 bits per heavy atom. The number of phosphoric acid groups is 1. The minimum Gasteiger partial charge on any atom is -0.482 e. The minimum absolute atomic E-state index is 0. The Bertz CT molecular complexity index is 873. The molecule has 1 aromatic carbocycles. The number of nitrogens with one attached hydrogen (secondary N) is 1. The number of hydrogen-bond acceptors (Lipinski definition) is 10. The summed E-state index contributed by atoms with van der Waals surface area (Å²) >= 11 is 8.38. The van der Waals surface area contributed by atoms with Gasteiger partial charge in [0.05, 0.1) is 0 Å². The summed E-state index contributed by atoms with van der Waals surface area (Å²) in [5.74, 6) is 0.305. The number of aromatic nitrogens is 1. The molecule has 1 aromatic heterocycles. The van der Waals surface area contributed by atoms with Crippen molar-refractivity contribution in [2.45, 2.75) is 34.0 Å². The summed E-state index contributed by atoms with van der Waals surface area (Å²) in [7, 11) is -4.64. The van der Waals surface area contributed by atoms with Gasteiger partial charge in [0.25, 0.3) is 0 Å². The van der Waals surface area contributed by atoms with Crippen LogP contribution in [0.25, 0.3) is 10.9 Å². The highest BCUT2D eigenvalue weighted by Gasteiger charge is 2.66. The van der Waals surface area contributed by atoms with Gasteiger partial charge in [0, 0.05) is 17.1 Å². The molecule has 1 aliphatic carbocycles. The van der Waals surface area contributed by atoms with Crippen molar-refractivity contribution < 1.29 is 49.5 Å². The molecule has 1 fully saturated rings. The number of alkyl halides is 2. The smallest absolute Gasteiger partial charge is 0.466 e. The van der Waals surface area contributed by atoms with Crippen LogP contribution in [0.5, 0.6) is 5.75 Å². The maximum absolute atomic E-state index is 10.2. The van der Waals surface area contributed by atoms with Gasteiger partial charge in [-0.1, -0.05) is 23.7 Å². The van der Waals surface area contributed by atoms with Crippen molar-refractivity contribution in [1.29, 1.82) is 0 Å². The molecule has 3 rings (SSSR count). The molecule has 182 valence electrons. The molecule has 1 heterocycles. The third kappa shape index (κ3) is 6.80. The molecule has 0 spiro atoms. The fourth-order valence-corrected chi connectivity index (χ4v) is 3.38. The zero-order chi connectivity index (χ0) is 21.5. The predicted octanol–water partition coefficient (Wildman–Crippen LogP) is -0.420. The monoisotopic (exact) mass is 556 g/mol. The number of aliphatic hydroxyl groups excluding tert-OH is 3. The molecule has 0 radical (unpaired) electrons. The van der Waals surface area contributed by atoms with E-state index in [1.807, 2.05) is 12.1 Å². The largest absolute Gasteiger partial charge is 0.482 e. The van der Waals surface area contributed by atoms with Crippen molar-refractivity contribution in [2.24, 2.45) is 0 Å². The molecule has 31 heavy (non-hydrogen) atoms. The van der Waals surface area contributed by atoms with Gasteiger partial charge in [-0.2, -0.15) is 0 Å². The van der Waals surface area contributed by atoms with E-state index in [0.717, 1.165) is 5.52 Å². The molecular weight excluding hydrogens is 531 g/mol. The first kappa shape index (κ1) is 32.3. The van der Waals surface area contributed by atoms with Gasteiger partial charge in [-0.05, 0) is 28.1 Å². The summed E-state index contributed by atoms with van der Waals surface area (Å²) in [4.78, 5) is 24.5. The number of aromatic amines is 1. The van der Waals surface area contributed by atoms with Crippen molar-refractivity contribution in [3.8, 4) is 5.75 Å². The maximum atomic E-state index is 10.2. The first-order chi connectivity index (χ1) is 12.7. The summed E-state index contributed by atoms with van der Waals surface area (Å²) in [6.45, 7) is 0. The van der Waals surface area contributed by atoms with E-state index in [9.17, 15) is 25.5 Å². The van der Waals surface area contributed by atoms with Gasteiger partial charge >= 0.3 is 7.82 Å². The van der Waals surface area contributed by atoms with Crippen LogP contribution >= 0.6 is 35.4 Å². The van der Waals surface area contributed by atoms with Gasteiger partial charge in [0.15, 0.2) is 10.6 Å². The average molecular weight is 558 g/mol. The predicted molar refractivity (Wildman–Crippen MR) is 115 cm³/mol. The molecule has 1 aliphatic rings. The Morgan fingerprint density at radius 1 is 1.03 bits per heavy atom. The molecule has 2 aromatic rings. The lowest BCUT2D eigenvalue weighted by atomic mass is 9.84. The molecule has 0 bridgehead atoms. The zero-order valence-electron chi connectivity index (χ0n) is 15.9. The number of halogens is 2. The minimum atomic E-state index is -4.64. The van der Waals surface area contributed by atoms with E-state index < -0.39 is 41.8 Å². The number of hydrogen-bond donors (Lipinski definition) is 12. The highest BCUT2D eigenvalue weighted by molar-refractivity contribution is 9.10. The lowest BCUT2D eigenvalue weighted by molar-refractivity contribution is -0.243. The Labute approximate surface area is 189 Å². The van der Waals surface area contributed by atoms with Gasteiger partial charge in [-0.25, -0.2) is 4.57 Å². The second kappa shape index (κ2) is 11.3. The van der Waals surface area contributed by atoms with E-state index >= 15 is 0 Å². The first-order valence-corrected chi connectivity index (χ1v) is 10.3. The summed E-state index contributed by atoms with van der Waals surface area (Å²) in [5, 5.41) is 48.5. The average Bonchev–Trinajstić information content (AvgIpc) is 2.98. The Balaban J connectivity index is 0. The van der Waals surface area contributed by atoms with Gasteiger partial charge in [-0.3, -0.25) is 0 Å².